The highest BCUT2D eigenvalue weighted by Gasteiger charge is 2.24. The Morgan fingerprint density at radius 3 is 2.35 bits per heavy atom. The van der Waals surface area contributed by atoms with E-state index in [0.717, 1.165) is 16.7 Å². The van der Waals surface area contributed by atoms with E-state index in [1.54, 1.807) is 17.8 Å². The van der Waals surface area contributed by atoms with Gasteiger partial charge >= 0.3 is 0 Å². The van der Waals surface area contributed by atoms with E-state index < -0.39 is 0 Å². The molecule has 0 bridgehead atoms. The van der Waals surface area contributed by atoms with Gasteiger partial charge in [0.15, 0.2) is 0 Å². The van der Waals surface area contributed by atoms with Crippen molar-refractivity contribution < 1.29 is 4.39 Å². The second kappa shape index (κ2) is 5.30. The average Bonchev–Trinajstić information content (AvgIpc) is 2.13. The summed E-state index contributed by atoms with van der Waals surface area (Å²) in [5, 5.41) is 0.606. The van der Waals surface area contributed by atoms with Crippen molar-refractivity contribution in [3.8, 4) is 0 Å². The number of nitrogens with two attached hydrogens (primary N) is 1. The zero-order chi connectivity index (χ0) is 12.4. The first-order chi connectivity index (χ1) is 8.02. The molecule has 0 saturated heterocycles. The summed E-state index contributed by atoms with van der Waals surface area (Å²) in [4.78, 5) is 0.966. The standard InChI is InChI=1S/C14H20FNS/c1-9-3-10(2)5-13(4-9)17-14-7-11(15)6-12(16)8-14/h6-10,13H,3-5,16H2,1-2H3. The molecule has 0 heterocycles. The van der Waals surface area contributed by atoms with Crippen molar-refractivity contribution in [3.05, 3.63) is 24.0 Å². The van der Waals surface area contributed by atoms with Gasteiger partial charge in [-0.3, -0.25) is 0 Å². The fourth-order valence-corrected chi connectivity index (χ4v) is 4.43. The summed E-state index contributed by atoms with van der Waals surface area (Å²) >= 11 is 1.78. The summed E-state index contributed by atoms with van der Waals surface area (Å²) in [5.41, 5.74) is 6.18. The number of thioether (sulfide) groups is 1. The van der Waals surface area contributed by atoms with Crippen LogP contribution in [0.2, 0.25) is 0 Å². The van der Waals surface area contributed by atoms with E-state index in [-0.39, 0.29) is 5.82 Å². The second-order valence-electron chi connectivity index (χ2n) is 5.38. The zero-order valence-electron chi connectivity index (χ0n) is 10.4. The van der Waals surface area contributed by atoms with Crippen molar-refractivity contribution >= 4 is 17.4 Å². The monoisotopic (exact) mass is 253 g/mol. The van der Waals surface area contributed by atoms with Gasteiger partial charge in [0.05, 0.1) is 0 Å². The van der Waals surface area contributed by atoms with Crippen molar-refractivity contribution in [2.45, 2.75) is 43.3 Å². The first-order valence-electron chi connectivity index (χ1n) is 6.25. The average molecular weight is 253 g/mol. The Morgan fingerprint density at radius 1 is 1.12 bits per heavy atom. The van der Waals surface area contributed by atoms with Crippen LogP contribution < -0.4 is 5.73 Å². The van der Waals surface area contributed by atoms with Crippen molar-refractivity contribution in [2.75, 3.05) is 5.73 Å². The van der Waals surface area contributed by atoms with Crippen molar-refractivity contribution in [2.24, 2.45) is 11.8 Å². The molecule has 1 fully saturated rings. The summed E-state index contributed by atoms with van der Waals surface area (Å²) < 4.78 is 13.2. The minimum absolute atomic E-state index is 0.232. The van der Waals surface area contributed by atoms with Crippen molar-refractivity contribution in [1.82, 2.24) is 0 Å². The topological polar surface area (TPSA) is 26.0 Å². The SMILES string of the molecule is CC1CC(C)CC(Sc2cc(N)cc(F)c2)C1. The Hall–Kier alpha value is -0.700. The third-order valence-corrected chi connectivity index (χ3v) is 4.56. The van der Waals surface area contributed by atoms with Gasteiger partial charge in [-0.2, -0.15) is 0 Å². The molecule has 1 saturated carbocycles. The lowest BCUT2D eigenvalue weighted by Crippen LogP contribution is -2.21. The van der Waals surface area contributed by atoms with Crippen LogP contribution in [0.25, 0.3) is 0 Å². The molecule has 1 nitrogen and oxygen atoms in total. The fraction of sp³-hybridized carbons (Fsp3) is 0.571. The largest absolute Gasteiger partial charge is 0.399 e. The molecular formula is C14H20FNS. The molecule has 1 aliphatic rings. The molecule has 0 radical (unpaired) electrons. The van der Waals surface area contributed by atoms with Crippen LogP contribution in [-0.2, 0) is 0 Å². The van der Waals surface area contributed by atoms with Gasteiger partial charge < -0.3 is 5.73 Å². The maximum atomic E-state index is 13.2. The lowest BCUT2D eigenvalue weighted by Gasteiger charge is -2.31. The first kappa shape index (κ1) is 12.7. The predicted molar refractivity (Wildman–Crippen MR) is 72.6 cm³/mol. The van der Waals surface area contributed by atoms with Crippen molar-refractivity contribution in [3.63, 3.8) is 0 Å². The number of halogens is 1. The smallest absolute Gasteiger partial charge is 0.126 e. The Labute approximate surface area is 107 Å². The van der Waals surface area contributed by atoms with Crippen LogP contribution >= 0.6 is 11.8 Å². The normalized spacial score (nSPS) is 29.2. The van der Waals surface area contributed by atoms with Gasteiger partial charge in [-0.25, -0.2) is 4.39 Å². The third-order valence-electron chi connectivity index (χ3n) is 3.33. The molecule has 1 aromatic carbocycles. The molecule has 17 heavy (non-hydrogen) atoms. The maximum Gasteiger partial charge on any atom is 0.126 e. The fourth-order valence-electron chi connectivity index (χ4n) is 2.81. The molecule has 2 unspecified atom stereocenters. The molecular weight excluding hydrogens is 233 g/mol. The highest BCUT2D eigenvalue weighted by atomic mass is 32.2. The highest BCUT2D eigenvalue weighted by Crippen LogP contribution is 2.39. The number of anilines is 1. The summed E-state index contributed by atoms with van der Waals surface area (Å²) in [6, 6.07) is 4.83. The van der Waals surface area contributed by atoms with E-state index in [4.69, 9.17) is 5.73 Å². The molecule has 2 N–H and O–H groups in total. The molecule has 3 heteroatoms. The van der Waals surface area contributed by atoms with Gasteiger partial charge in [-0.15, -0.1) is 11.8 Å². The maximum absolute atomic E-state index is 13.2. The molecule has 1 aliphatic carbocycles. The molecule has 2 atom stereocenters. The molecule has 1 aromatic rings. The Kier molecular flexibility index (Phi) is 3.97. The first-order valence-corrected chi connectivity index (χ1v) is 7.13. The minimum Gasteiger partial charge on any atom is -0.399 e. The van der Waals surface area contributed by atoms with Crippen molar-refractivity contribution in [1.29, 1.82) is 0 Å². The van der Waals surface area contributed by atoms with Gasteiger partial charge in [0.1, 0.15) is 5.82 Å². The summed E-state index contributed by atoms with van der Waals surface area (Å²) in [7, 11) is 0. The molecule has 0 aromatic heterocycles. The molecule has 0 amide bonds. The van der Waals surface area contributed by atoms with E-state index in [1.807, 2.05) is 6.07 Å². The Balaban J connectivity index is 2.04. The lowest BCUT2D eigenvalue weighted by molar-refractivity contribution is 0.309. The lowest BCUT2D eigenvalue weighted by atomic mass is 9.83. The van der Waals surface area contributed by atoms with E-state index in [1.165, 1.54) is 25.3 Å². The number of benzene rings is 1. The summed E-state index contributed by atoms with van der Waals surface area (Å²) in [6.45, 7) is 4.62. The predicted octanol–water partition coefficient (Wildman–Crippen LogP) is 4.32. The number of rotatable bonds is 2. The van der Waals surface area contributed by atoms with Gasteiger partial charge in [-0.1, -0.05) is 13.8 Å². The number of hydrogen-bond acceptors (Lipinski definition) is 2. The highest BCUT2D eigenvalue weighted by molar-refractivity contribution is 8.00. The molecule has 0 aliphatic heterocycles. The van der Waals surface area contributed by atoms with Crippen LogP contribution in [0.15, 0.2) is 23.1 Å². The van der Waals surface area contributed by atoms with Crippen LogP contribution in [0, 0.1) is 17.7 Å². The Morgan fingerprint density at radius 2 is 1.76 bits per heavy atom. The number of hydrogen-bond donors (Lipinski definition) is 1. The molecule has 94 valence electrons. The molecule has 2 rings (SSSR count). The van der Waals surface area contributed by atoms with Crippen LogP contribution in [0.3, 0.4) is 0 Å². The summed E-state index contributed by atoms with van der Waals surface area (Å²) in [5.74, 6) is 1.33. The quantitative estimate of drug-likeness (QED) is 0.794. The third kappa shape index (κ3) is 3.63. The zero-order valence-corrected chi connectivity index (χ0v) is 11.3. The van der Waals surface area contributed by atoms with Crippen LogP contribution in [0.1, 0.15) is 33.1 Å². The van der Waals surface area contributed by atoms with Gasteiger partial charge in [0.2, 0.25) is 0 Å². The Bertz CT molecular complexity index is 364. The van der Waals surface area contributed by atoms with E-state index in [2.05, 4.69) is 13.8 Å². The molecule has 0 spiro atoms. The second-order valence-corrected chi connectivity index (χ2v) is 6.75. The van der Waals surface area contributed by atoms with Crippen LogP contribution in [-0.4, -0.2) is 5.25 Å². The van der Waals surface area contributed by atoms with Gasteiger partial charge in [0, 0.05) is 15.8 Å². The van der Waals surface area contributed by atoms with E-state index >= 15 is 0 Å². The van der Waals surface area contributed by atoms with Gasteiger partial charge in [-0.05, 0) is 49.3 Å². The van der Waals surface area contributed by atoms with E-state index in [9.17, 15) is 4.39 Å². The van der Waals surface area contributed by atoms with Gasteiger partial charge in [0.25, 0.3) is 0 Å². The van der Waals surface area contributed by atoms with Crippen LogP contribution in [0.5, 0.6) is 0 Å². The van der Waals surface area contributed by atoms with Crippen LogP contribution in [0.4, 0.5) is 10.1 Å². The number of nitrogen functional groups attached to an aromatic ring is 1. The minimum atomic E-state index is -0.232. The van der Waals surface area contributed by atoms with E-state index in [0.29, 0.717) is 10.9 Å². The summed E-state index contributed by atoms with van der Waals surface area (Å²) in [6.07, 6.45) is 3.78.